The molecule has 0 radical (unpaired) electrons. The predicted octanol–water partition coefficient (Wildman–Crippen LogP) is 19.2. The fourth-order valence-electron chi connectivity index (χ4n) is 12.1. The van der Waals surface area contributed by atoms with Gasteiger partial charge in [-0.15, -0.1) is 10.2 Å². The molecule has 1 spiro atoms. The number of rotatable bonds is 9. The fraction of sp³-hybridized carbons (Fsp3) is 0.0411. The van der Waals surface area contributed by atoms with Crippen LogP contribution in [-0.2, 0) is 5.41 Å². The molecule has 4 heteroatoms. The molecule has 0 N–H and O–H groups in total. The Kier molecular flexibility index (Phi) is 11.8. The van der Waals surface area contributed by atoms with Crippen LogP contribution in [0.5, 0.6) is 0 Å². The summed E-state index contributed by atoms with van der Waals surface area (Å²) in [5.74, 6) is 0.992. The summed E-state index contributed by atoms with van der Waals surface area (Å²) in [5.41, 5.74) is 23.7. The van der Waals surface area contributed by atoms with E-state index in [1.807, 2.05) is 62.4 Å². The topological polar surface area (TPSA) is 43.9 Å². The van der Waals surface area contributed by atoms with E-state index in [2.05, 4.69) is 240 Å². The van der Waals surface area contributed by atoms with Crippen molar-refractivity contribution < 1.29 is 4.42 Å². The molecule has 0 aliphatic heterocycles. The highest BCUT2D eigenvalue weighted by Crippen LogP contribution is 2.62. The van der Waals surface area contributed by atoms with Gasteiger partial charge in [0.25, 0.3) is 0 Å². The van der Waals surface area contributed by atoms with Crippen LogP contribution < -0.4 is 0 Å². The molecule has 0 saturated carbocycles. The normalized spacial score (nSPS) is 12.9. The summed E-state index contributed by atoms with van der Waals surface area (Å²) in [6, 6.07) is 85.2. The van der Waals surface area contributed by atoms with Crippen LogP contribution in [0, 0.1) is 0 Å². The second kappa shape index (κ2) is 19.4. The zero-order chi connectivity index (χ0) is 52.0. The third kappa shape index (κ3) is 7.60. The van der Waals surface area contributed by atoms with E-state index < -0.39 is 5.41 Å². The lowest BCUT2D eigenvalue weighted by Gasteiger charge is -2.31. The van der Waals surface area contributed by atoms with Gasteiger partial charge in [-0.05, 0) is 170 Å². The van der Waals surface area contributed by atoms with Crippen LogP contribution in [0.2, 0.25) is 0 Å². The molecule has 0 amide bonds. The van der Waals surface area contributed by atoms with Crippen molar-refractivity contribution in [1.29, 1.82) is 0 Å². The average molecular weight is 988 g/mol. The highest BCUT2D eigenvalue weighted by Gasteiger charge is 2.51. The summed E-state index contributed by atoms with van der Waals surface area (Å²) in [5, 5.41) is 11.1. The van der Waals surface area contributed by atoms with Crippen molar-refractivity contribution in [1.82, 2.24) is 14.8 Å². The van der Waals surface area contributed by atoms with Crippen LogP contribution in [0.4, 0.5) is 0 Å². The lowest BCUT2D eigenvalue weighted by atomic mass is 9.69. The van der Waals surface area contributed by atoms with Crippen LogP contribution >= 0.6 is 0 Å². The Labute approximate surface area is 449 Å². The standard InChI is InChI=1S/C69H45N3O.C4H8/c1-3-51-58-38-35-48(43-64(58)69(61(51)4-2)62-29-17-15-27-56(62)57-28-16-18-30-63(57)69)47-36-39-65-59(41-47)60-42-49(37-40-66(60)72(65)50-21-9-6-10-22-50)53-24-12-14-26-55(53)54-25-13-11-23-52(54)44-31-33-46(34-32-44)68-71-70-67(73-68)45-19-7-5-8-20-45;1-3-4-2/h3-43H,1-2H2;3-4H,1-2H3/b;4-3-. The van der Waals surface area contributed by atoms with Crippen molar-refractivity contribution in [3.05, 3.63) is 302 Å². The molecule has 0 unspecified atom stereocenters. The largest absolute Gasteiger partial charge is 0.416 e. The maximum atomic E-state index is 6.11. The quantitative estimate of drug-likeness (QED) is 0.135. The van der Waals surface area contributed by atoms with Crippen LogP contribution in [0.15, 0.2) is 284 Å². The monoisotopic (exact) mass is 987 g/mol. The van der Waals surface area contributed by atoms with Gasteiger partial charge in [-0.1, -0.05) is 207 Å². The molecule has 0 bridgehead atoms. The summed E-state index contributed by atoms with van der Waals surface area (Å²) >= 11 is 0. The van der Waals surface area contributed by atoms with Crippen molar-refractivity contribution in [3.8, 4) is 84.2 Å². The molecule has 2 aliphatic rings. The molecule has 366 valence electrons. The Bertz CT molecular complexity index is 4270. The molecular formula is C73H53N3O. The first kappa shape index (κ1) is 46.9. The van der Waals surface area contributed by atoms with Gasteiger partial charge in [0.2, 0.25) is 11.8 Å². The van der Waals surface area contributed by atoms with Gasteiger partial charge in [-0.25, -0.2) is 0 Å². The van der Waals surface area contributed by atoms with Crippen molar-refractivity contribution in [2.75, 3.05) is 0 Å². The second-order valence-corrected chi connectivity index (χ2v) is 19.6. The summed E-state index contributed by atoms with van der Waals surface area (Å²) in [4.78, 5) is 0. The van der Waals surface area contributed by atoms with E-state index in [9.17, 15) is 0 Å². The number of hydrogen-bond donors (Lipinski definition) is 0. The van der Waals surface area contributed by atoms with Gasteiger partial charge in [-0.3, -0.25) is 0 Å². The van der Waals surface area contributed by atoms with Crippen LogP contribution in [-0.4, -0.2) is 14.8 Å². The maximum Gasteiger partial charge on any atom is 0.248 e. The van der Waals surface area contributed by atoms with Gasteiger partial charge in [0.05, 0.1) is 16.4 Å². The van der Waals surface area contributed by atoms with Gasteiger partial charge >= 0.3 is 0 Å². The number of benzene rings is 10. The van der Waals surface area contributed by atoms with Crippen molar-refractivity contribution in [2.24, 2.45) is 0 Å². The molecule has 0 atom stereocenters. The molecule has 14 rings (SSSR count). The third-order valence-electron chi connectivity index (χ3n) is 15.6. The van der Waals surface area contributed by atoms with Crippen molar-refractivity contribution >= 4 is 27.4 Å². The summed E-state index contributed by atoms with van der Waals surface area (Å²) in [7, 11) is 0. The molecule has 12 aromatic rings. The lowest BCUT2D eigenvalue weighted by Crippen LogP contribution is -2.26. The average Bonchev–Trinajstić information content (AvgIpc) is 4.33. The number of fused-ring (bicyclic) bond motifs is 10. The number of nitrogens with zero attached hydrogens (tertiary/aromatic N) is 3. The highest BCUT2D eigenvalue weighted by atomic mass is 16.4. The zero-order valence-corrected chi connectivity index (χ0v) is 43.0. The molecule has 0 saturated heterocycles. The van der Waals surface area contributed by atoms with Gasteiger partial charge in [0, 0.05) is 27.6 Å². The maximum absolute atomic E-state index is 6.11. The molecular weight excluding hydrogens is 935 g/mol. The minimum Gasteiger partial charge on any atom is -0.416 e. The van der Waals surface area contributed by atoms with Crippen LogP contribution in [0.25, 0.3) is 112 Å². The predicted molar refractivity (Wildman–Crippen MR) is 321 cm³/mol. The van der Waals surface area contributed by atoms with Gasteiger partial charge in [-0.2, -0.15) is 0 Å². The number of para-hydroxylation sites is 1. The molecule has 0 fully saturated rings. The Morgan fingerprint density at radius 1 is 0.377 bits per heavy atom. The highest BCUT2D eigenvalue weighted by molar-refractivity contribution is 6.12. The van der Waals surface area contributed by atoms with Crippen molar-refractivity contribution in [2.45, 2.75) is 19.3 Å². The van der Waals surface area contributed by atoms with E-state index in [0.717, 1.165) is 77.9 Å². The first-order chi connectivity index (χ1) is 38.0. The van der Waals surface area contributed by atoms with E-state index >= 15 is 0 Å². The Balaban J connectivity index is 0.00000137. The van der Waals surface area contributed by atoms with E-state index in [4.69, 9.17) is 4.42 Å². The Morgan fingerprint density at radius 2 is 0.818 bits per heavy atom. The van der Waals surface area contributed by atoms with Gasteiger partial charge in [0.15, 0.2) is 0 Å². The molecule has 77 heavy (non-hydrogen) atoms. The minimum absolute atomic E-state index is 0.490. The third-order valence-corrected chi connectivity index (χ3v) is 15.6. The number of allylic oxidation sites excluding steroid dienone is 6. The zero-order valence-electron chi connectivity index (χ0n) is 43.0. The molecule has 2 aromatic heterocycles. The Morgan fingerprint density at radius 3 is 1.39 bits per heavy atom. The molecule has 2 aliphatic carbocycles. The first-order valence-corrected chi connectivity index (χ1v) is 26.3. The van der Waals surface area contributed by atoms with E-state index in [-0.39, 0.29) is 0 Å². The minimum atomic E-state index is -0.510. The van der Waals surface area contributed by atoms with Crippen LogP contribution in [0.3, 0.4) is 0 Å². The van der Waals surface area contributed by atoms with Gasteiger partial charge in [0.1, 0.15) is 0 Å². The smallest absolute Gasteiger partial charge is 0.248 e. The van der Waals surface area contributed by atoms with Crippen molar-refractivity contribution in [3.63, 3.8) is 0 Å². The number of aromatic nitrogens is 3. The lowest BCUT2D eigenvalue weighted by molar-refractivity contribution is 0.584. The van der Waals surface area contributed by atoms with Crippen LogP contribution in [0.1, 0.15) is 36.1 Å². The Hall–Kier alpha value is -9.90. The molecule has 4 nitrogen and oxygen atoms in total. The summed E-state index contributed by atoms with van der Waals surface area (Å²) < 4.78 is 8.51. The molecule has 2 heterocycles. The summed E-state index contributed by atoms with van der Waals surface area (Å²) in [6.45, 7) is 12.8. The number of hydrogen-bond acceptors (Lipinski definition) is 3. The van der Waals surface area contributed by atoms with E-state index in [0.29, 0.717) is 11.8 Å². The van der Waals surface area contributed by atoms with E-state index in [1.165, 1.54) is 49.7 Å². The second-order valence-electron chi connectivity index (χ2n) is 19.6. The first-order valence-electron chi connectivity index (χ1n) is 26.3. The summed E-state index contributed by atoms with van der Waals surface area (Å²) in [6.07, 6.45) is 8.08. The van der Waals surface area contributed by atoms with E-state index in [1.54, 1.807) is 0 Å². The molecule has 10 aromatic carbocycles. The van der Waals surface area contributed by atoms with Gasteiger partial charge < -0.3 is 8.98 Å². The fourth-order valence-corrected chi connectivity index (χ4v) is 12.1. The SMILES string of the molecule is C/C=C\C.C=CC1=C(C=C)C2(c3cc(-c4ccc5c(c4)c4cc(-c6ccccc6-c6ccccc6-c6ccc(-c7nnc(-c8ccccc8)o7)cc6)ccc4n5-c4ccccc4)ccc31)c1ccccc1-c1ccccc12.